The van der Waals surface area contributed by atoms with Crippen LogP contribution in [0.4, 0.5) is 0 Å². The summed E-state index contributed by atoms with van der Waals surface area (Å²) >= 11 is 0. The Balaban J connectivity index is 1.36. The largest absolute Gasteiger partial charge is 0.497 e. The molecule has 26 heavy (non-hydrogen) atoms. The van der Waals surface area contributed by atoms with E-state index in [4.69, 9.17) is 18.4 Å². The zero-order chi connectivity index (χ0) is 17.8. The predicted molar refractivity (Wildman–Crippen MR) is 93.7 cm³/mol. The molecule has 1 aliphatic heterocycles. The molecule has 1 aromatic carbocycles. The summed E-state index contributed by atoms with van der Waals surface area (Å²) in [4.78, 5) is 6.69. The number of morpholine rings is 1. The van der Waals surface area contributed by atoms with Gasteiger partial charge in [-0.1, -0.05) is 17.3 Å². The molecule has 1 saturated heterocycles. The van der Waals surface area contributed by atoms with Crippen molar-refractivity contribution in [3.05, 3.63) is 54.0 Å². The number of benzene rings is 1. The Hall–Kier alpha value is -2.64. The summed E-state index contributed by atoms with van der Waals surface area (Å²) in [5.41, 5.74) is 1.20. The first-order chi connectivity index (χ1) is 12.8. The Morgan fingerprint density at radius 3 is 3.08 bits per heavy atom. The average Bonchev–Trinajstić information content (AvgIpc) is 3.34. The maximum atomic E-state index is 5.93. The third kappa shape index (κ3) is 3.95. The molecule has 1 fully saturated rings. The molecule has 0 N–H and O–H groups in total. The van der Waals surface area contributed by atoms with Gasteiger partial charge in [0.05, 0.1) is 32.6 Å². The van der Waals surface area contributed by atoms with Crippen LogP contribution in [0.15, 0.2) is 51.6 Å². The first-order valence-electron chi connectivity index (χ1n) is 8.63. The molecule has 7 heteroatoms. The first-order valence-corrected chi connectivity index (χ1v) is 8.63. The van der Waals surface area contributed by atoms with Crippen LogP contribution in [0.2, 0.25) is 0 Å². The van der Waals surface area contributed by atoms with Crippen LogP contribution in [-0.2, 0) is 17.7 Å². The van der Waals surface area contributed by atoms with Gasteiger partial charge in [0, 0.05) is 19.5 Å². The smallest absolute Gasteiger partial charge is 0.293 e. The molecular weight excluding hydrogens is 334 g/mol. The van der Waals surface area contributed by atoms with Crippen molar-refractivity contribution in [3.8, 4) is 17.4 Å². The van der Waals surface area contributed by atoms with E-state index in [0.29, 0.717) is 30.6 Å². The highest BCUT2D eigenvalue weighted by atomic mass is 16.5. The minimum atomic E-state index is 0.132. The van der Waals surface area contributed by atoms with E-state index in [1.165, 1.54) is 5.56 Å². The number of aromatic nitrogens is 2. The number of ether oxygens (including phenoxy) is 2. The molecule has 7 nitrogen and oxygen atoms in total. The SMILES string of the molecule is COc1cccc(C[C@H]2CN(Cc3noc(-c4ccco4)n3)CCO2)c1. The molecule has 1 aliphatic rings. The Labute approximate surface area is 151 Å². The number of rotatable bonds is 6. The molecule has 0 spiro atoms. The van der Waals surface area contributed by atoms with Gasteiger partial charge < -0.3 is 18.4 Å². The fraction of sp³-hybridized carbons (Fsp3) is 0.368. The summed E-state index contributed by atoms with van der Waals surface area (Å²) in [6.45, 7) is 2.99. The molecule has 0 saturated carbocycles. The Kier molecular flexibility index (Phi) is 4.99. The number of furan rings is 1. The summed E-state index contributed by atoms with van der Waals surface area (Å²) in [6.07, 6.45) is 2.56. The van der Waals surface area contributed by atoms with E-state index < -0.39 is 0 Å². The standard InChI is InChI=1S/C19H21N3O4/c1-23-15-5-2-4-14(10-15)11-16-12-22(7-9-24-16)13-18-20-19(26-21-18)17-6-3-8-25-17/h2-6,8,10,16H,7,9,11-13H2,1H3/t16-/m0/s1. The lowest BCUT2D eigenvalue weighted by Gasteiger charge is -2.32. The van der Waals surface area contributed by atoms with Crippen LogP contribution in [0.25, 0.3) is 11.7 Å². The van der Waals surface area contributed by atoms with E-state index >= 15 is 0 Å². The van der Waals surface area contributed by atoms with Crippen molar-refractivity contribution in [1.29, 1.82) is 0 Å². The zero-order valence-electron chi connectivity index (χ0n) is 14.6. The topological polar surface area (TPSA) is 73.8 Å². The van der Waals surface area contributed by atoms with Crippen LogP contribution >= 0.6 is 0 Å². The summed E-state index contributed by atoms with van der Waals surface area (Å²) in [5, 5.41) is 4.05. The van der Waals surface area contributed by atoms with Gasteiger partial charge in [-0.15, -0.1) is 0 Å². The van der Waals surface area contributed by atoms with Crippen molar-refractivity contribution in [2.24, 2.45) is 0 Å². The minimum Gasteiger partial charge on any atom is -0.497 e. The van der Waals surface area contributed by atoms with Crippen LogP contribution in [-0.4, -0.2) is 48.0 Å². The van der Waals surface area contributed by atoms with Gasteiger partial charge in [-0.2, -0.15) is 4.98 Å². The van der Waals surface area contributed by atoms with Crippen molar-refractivity contribution >= 4 is 0 Å². The van der Waals surface area contributed by atoms with Gasteiger partial charge in [0.2, 0.25) is 0 Å². The third-order valence-corrected chi connectivity index (χ3v) is 4.39. The molecule has 0 unspecified atom stereocenters. The molecule has 0 radical (unpaired) electrons. The molecule has 136 valence electrons. The number of hydrogen-bond acceptors (Lipinski definition) is 7. The Morgan fingerprint density at radius 2 is 2.23 bits per heavy atom. The summed E-state index contributed by atoms with van der Waals surface area (Å²) < 4.78 is 21.8. The van der Waals surface area contributed by atoms with Crippen molar-refractivity contribution in [2.75, 3.05) is 26.8 Å². The lowest BCUT2D eigenvalue weighted by molar-refractivity contribution is -0.0314. The summed E-state index contributed by atoms with van der Waals surface area (Å²) in [6, 6.07) is 11.7. The Morgan fingerprint density at radius 1 is 1.27 bits per heavy atom. The monoisotopic (exact) mass is 355 g/mol. The van der Waals surface area contributed by atoms with Crippen LogP contribution in [0.1, 0.15) is 11.4 Å². The second kappa shape index (κ2) is 7.72. The van der Waals surface area contributed by atoms with Gasteiger partial charge in [0.15, 0.2) is 11.6 Å². The minimum absolute atomic E-state index is 0.132. The number of nitrogens with zero attached hydrogens (tertiary/aromatic N) is 3. The predicted octanol–water partition coefficient (Wildman–Crippen LogP) is 2.78. The second-order valence-corrected chi connectivity index (χ2v) is 6.28. The van der Waals surface area contributed by atoms with Crippen molar-refractivity contribution in [1.82, 2.24) is 15.0 Å². The first kappa shape index (κ1) is 16.8. The highest BCUT2D eigenvalue weighted by Gasteiger charge is 2.23. The quantitative estimate of drug-likeness (QED) is 0.673. The average molecular weight is 355 g/mol. The molecule has 3 aromatic rings. The van der Waals surface area contributed by atoms with Crippen molar-refractivity contribution in [3.63, 3.8) is 0 Å². The Bertz CT molecular complexity index is 831. The van der Waals surface area contributed by atoms with Gasteiger partial charge in [0.1, 0.15) is 5.75 Å². The van der Waals surface area contributed by atoms with Crippen molar-refractivity contribution in [2.45, 2.75) is 19.1 Å². The van der Waals surface area contributed by atoms with Crippen LogP contribution in [0, 0.1) is 0 Å². The molecule has 0 aliphatic carbocycles. The van der Waals surface area contributed by atoms with E-state index in [2.05, 4.69) is 27.2 Å². The highest BCUT2D eigenvalue weighted by Crippen LogP contribution is 2.20. The fourth-order valence-electron chi connectivity index (χ4n) is 3.13. The number of hydrogen-bond donors (Lipinski definition) is 0. The summed E-state index contributed by atoms with van der Waals surface area (Å²) in [7, 11) is 1.68. The van der Waals surface area contributed by atoms with Crippen LogP contribution < -0.4 is 4.74 Å². The molecule has 0 amide bonds. The molecule has 0 bridgehead atoms. The van der Waals surface area contributed by atoms with E-state index in [1.54, 1.807) is 25.5 Å². The molecule has 3 heterocycles. The maximum Gasteiger partial charge on any atom is 0.293 e. The molecule has 1 atom stereocenters. The molecular formula is C19H21N3O4. The van der Waals surface area contributed by atoms with Crippen LogP contribution in [0.3, 0.4) is 0 Å². The third-order valence-electron chi connectivity index (χ3n) is 4.39. The van der Waals surface area contributed by atoms with E-state index in [9.17, 15) is 0 Å². The van der Waals surface area contributed by atoms with Gasteiger partial charge in [-0.25, -0.2) is 0 Å². The van der Waals surface area contributed by atoms with E-state index in [0.717, 1.165) is 25.3 Å². The molecule has 2 aromatic heterocycles. The summed E-state index contributed by atoms with van der Waals surface area (Å²) in [5.74, 6) is 2.51. The van der Waals surface area contributed by atoms with E-state index in [-0.39, 0.29) is 6.10 Å². The van der Waals surface area contributed by atoms with E-state index in [1.807, 2.05) is 12.1 Å². The highest BCUT2D eigenvalue weighted by molar-refractivity contribution is 5.42. The van der Waals surface area contributed by atoms with Gasteiger partial charge in [0.25, 0.3) is 5.89 Å². The van der Waals surface area contributed by atoms with Gasteiger partial charge in [-0.05, 0) is 29.8 Å². The normalized spacial score (nSPS) is 18.1. The lowest BCUT2D eigenvalue weighted by atomic mass is 10.1. The molecule has 4 rings (SSSR count). The lowest BCUT2D eigenvalue weighted by Crippen LogP contribution is -2.43. The van der Waals surface area contributed by atoms with Gasteiger partial charge in [-0.3, -0.25) is 4.90 Å². The number of methoxy groups -OCH3 is 1. The van der Waals surface area contributed by atoms with Crippen LogP contribution in [0.5, 0.6) is 5.75 Å². The van der Waals surface area contributed by atoms with Crippen molar-refractivity contribution < 1.29 is 18.4 Å². The fourth-order valence-corrected chi connectivity index (χ4v) is 3.13. The van der Waals surface area contributed by atoms with Gasteiger partial charge >= 0.3 is 0 Å². The zero-order valence-corrected chi connectivity index (χ0v) is 14.6. The second-order valence-electron chi connectivity index (χ2n) is 6.28. The maximum absolute atomic E-state index is 5.93.